The maximum atomic E-state index is 13.8. The van der Waals surface area contributed by atoms with Crippen LogP contribution in [-0.2, 0) is 6.54 Å². The van der Waals surface area contributed by atoms with Crippen LogP contribution >= 0.6 is 0 Å². The first-order valence-corrected chi connectivity index (χ1v) is 6.51. The molecular weight excluding hydrogens is 271 g/mol. The highest BCUT2D eigenvalue weighted by molar-refractivity contribution is 6.02. The normalized spacial score (nSPS) is 11.0. The number of rotatable bonds is 3. The molecule has 3 rings (SSSR count). The van der Waals surface area contributed by atoms with Crippen molar-refractivity contribution in [3.05, 3.63) is 65.1 Å². The van der Waals surface area contributed by atoms with Gasteiger partial charge in [0.15, 0.2) is 5.69 Å². The maximum absolute atomic E-state index is 13.8. The Balaban J connectivity index is 2.18. The van der Waals surface area contributed by atoms with E-state index in [1.807, 2.05) is 19.1 Å². The lowest BCUT2D eigenvalue weighted by Gasteiger charge is -2.05. The lowest BCUT2D eigenvalue weighted by molar-refractivity contribution is 0.0691. The minimum Gasteiger partial charge on any atom is -0.476 e. The summed E-state index contributed by atoms with van der Waals surface area (Å²) < 4.78 is 15.3. The van der Waals surface area contributed by atoms with Gasteiger partial charge in [-0.25, -0.2) is 9.18 Å². The summed E-state index contributed by atoms with van der Waals surface area (Å²) in [5.41, 5.74) is 2.00. The second kappa shape index (κ2) is 5.01. The first-order valence-electron chi connectivity index (χ1n) is 6.51. The van der Waals surface area contributed by atoms with Crippen LogP contribution in [0, 0.1) is 12.7 Å². The number of carbonyl (C=O) groups is 1. The Labute approximate surface area is 120 Å². The average Bonchev–Trinajstić information content (AvgIpc) is 2.82. The van der Waals surface area contributed by atoms with Crippen molar-refractivity contribution in [2.24, 2.45) is 0 Å². The Morgan fingerprint density at radius 2 is 2.00 bits per heavy atom. The number of aryl methyl sites for hydroxylation is 1. The number of carboxylic acid groups (broad SMARTS) is 1. The molecule has 0 spiro atoms. The van der Waals surface area contributed by atoms with Gasteiger partial charge in [0.05, 0.1) is 12.1 Å². The van der Waals surface area contributed by atoms with E-state index in [4.69, 9.17) is 0 Å². The number of benzene rings is 2. The van der Waals surface area contributed by atoms with Crippen molar-refractivity contribution < 1.29 is 14.3 Å². The smallest absolute Gasteiger partial charge is 0.357 e. The van der Waals surface area contributed by atoms with Crippen LogP contribution in [0.2, 0.25) is 0 Å². The molecule has 0 bridgehead atoms. The molecule has 1 aromatic heterocycles. The molecule has 0 saturated carbocycles. The van der Waals surface area contributed by atoms with Gasteiger partial charge in [0.25, 0.3) is 0 Å². The van der Waals surface area contributed by atoms with Gasteiger partial charge in [-0.05, 0) is 24.6 Å². The zero-order chi connectivity index (χ0) is 15.0. The van der Waals surface area contributed by atoms with Gasteiger partial charge in [0.2, 0.25) is 0 Å². The molecule has 1 heterocycles. The highest BCUT2D eigenvalue weighted by atomic mass is 19.1. The summed E-state index contributed by atoms with van der Waals surface area (Å²) in [5.74, 6) is -1.41. The van der Waals surface area contributed by atoms with E-state index < -0.39 is 5.97 Å². The van der Waals surface area contributed by atoms with E-state index >= 15 is 0 Å². The van der Waals surface area contributed by atoms with E-state index in [9.17, 15) is 14.3 Å². The molecule has 21 heavy (non-hydrogen) atoms. The van der Waals surface area contributed by atoms with E-state index in [1.54, 1.807) is 24.3 Å². The second-order valence-electron chi connectivity index (χ2n) is 4.87. The van der Waals surface area contributed by atoms with Gasteiger partial charge >= 0.3 is 5.97 Å². The van der Waals surface area contributed by atoms with Gasteiger partial charge in [-0.1, -0.05) is 30.3 Å². The van der Waals surface area contributed by atoms with Crippen LogP contribution in [0.25, 0.3) is 10.9 Å². The summed E-state index contributed by atoms with van der Waals surface area (Å²) in [6.07, 6.45) is 0. The zero-order valence-corrected chi connectivity index (χ0v) is 11.4. The standard InChI is InChI=1S/C16H13FN2O2/c1-10-5-4-8-13-14(10)15(16(20)21)18-19(13)9-11-6-2-3-7-12(11)17/h2-8H,9H2,1H3,(H,20,21). The van der Waals surface area contributed by atoms with Crippen LogP contribution in [0.3, 0.4) is 0 Å². The Hall–Kier alpha value is -2.69. The van der Waals surface area contributed by atoms with Crippen LogP contribution in [-0.4, -0.2) is 20.9 Å². The van der Waals surface area contributed by atoms with Crippen LogP contribution in [0.5, 0.6) is 0 Å². The van der Waals surface area contributed by atoms with Crippen molar-refractivity contribution >= 4 is 16.9 Å². The average molecular weight is 284 g/mol. The van der Waals surface area contributed by atoms with E-state index in [1.165, 1.54) is 10.7 Å². The number of aromatic carboxylic acids is 1. The molecule has 0 atom stereocenters. The molecule has 0 unspecified atom stereocenters. The summed E-state index contributed by atoms with van der Waals surface area (Å²) in [4.78, 5) is 11.3. The molecule has 3 aromatic rings. The summed E-state index contributed by atoms with van der Waals surface area (Å²) >= 11 is 0. The van der Waals surface area contributed by atoms with Crippen molar-refractivity contribution in [1.29, 1.82) is 0 Å². The number of hydrogen-bond acceptors (Lipinski definition) is 2. The first kappa shape index (κ1) is 13.3. The van der Waals surface area contributed by atoms with Gasteiger partial charge in [0, 0.05) is 10.9 Å². The van der Waals surface area contributed by atoms with Crippen molar-refractivity contribution in [2.45, 2.75) is 13.5 Å². The summed E-state index contributed by atoms with van der Waals surface area (Å²) in [6.45, 7) is 2.03. The first-order chi connectivity index (χ1) is 10.1. The molecule has 0 fully saturated rings. The number of hydrogen-bond donors (Lipinski definition) is 1. The third-order valence-corrected chi connectivity index (χ3v) is 3.47. The minimum absolute atomic E-state index is 0.000519. The summed E-state index contributed by atoms with van der Waals surface area (Å²) in [5, 5.41) is 14.0. The molecule has 106 valence electrons. The number of aromatic nitrogens is 2. The third-order valence-electron chi connectivity index (χ3n) is 3.47. The molecule has 0 amide bonds. The number of fused-ring (bicyclic) bond motifs is 1. The fourth-order valence-corrected chi connectivity index (χ4v) is 2.46. The van der Waals surface area contributed by atoms with E-state index in [0.29, 0.717) is 16.5 Å². The Morgan fingerprint density at radius 1 is 1.24 bits per heavy atom. The molecule has 4 nitrogen and oxygen atoms in total. The van der Waals surface area contributed by atoms with Crippen LogP contribution < -0.4 is 0 Å². The topological polar surface area (TPSA) is 55.1 Å². The minimum atomic E-state index is -1.08. The number of halogens is 1. The Morgan fingerprint density at radius 3 is 2.71 bits per heavy atom. The van der Waals surface area contributed by atoms with Gasteiger partial charge in [-0.2, -0.15) is 5.10 Å². The Kier molecular flexibility index (Phi) is 3.17. The lowest BCUT2D eigenvalue weighted by atomic mass is 10.1. The fraction of sp³-hybridized carbons (Fsp3) is 0.125. The van der Waals surface area contributed by atoms with Crippen LogP contribution in [0.4, 0.5) is 4.39 Å². The molecule has 0 saturated heterocycles. The lowest BCUT2D eigenvalue weighted by Crippen LogP contribution is -2.05. The molecule has 0 aliphatic carbocycles. The predicted molar refractivity (Wildman–Crippen MR) is 76.9 cm³/mol. The van der Waals surface area contributed by atoms with Crippen LogP contribution in [0.15, 0.2) is 42.5 Å². The number of carboxylic acids is 1. The molecule has 1 N–H and O–H groups in total. The Bertz CT molecular complexity index is 839. The SMILES string of the molecule is Cc1cccc2c1c(C(=O)O)nn2Cc1ccccc1F. The highest BCUT2D eigenvalue weighted by Crippen LogP contribution is 2.23. The summed E-state index contributed by atoms with van der Waals surface area (Å²) in [7, 11) is 0. The van der Waals surface area contributed by atoms with Crippen molar-refractivity contribution in [1.82, 2.24) is 9.78 Å². The zero-order valence-electron chi connectivity index (χ0n) is 11.4. The largest absolute Gasteiger partial charge is 0.476 e. The highest BCUT2D eigenvalue weighted by Gasteiger charge is 2.18. The maximum Gasteiger partial charge on any atom is 0.357 e. The summed E-state index contributed by atoms with van der Waals surface area (Å²) in [6, 6.07) is 11.9. The monoisotopic (exact) mass is 284 g/mol. The second-order valence-corrected chi connectivity index (χ2v) is 4.87. The molecule has 2 aromatic carbocycles. The predicted octanol–water partition coefficient (Wildman–Crippen LogP) is 3.23. The van der Waals surface area contributed by atoms with Gasteiger partial charge in [-0.3, -0.25) is 4.68 Å². The third kappa shape index (κ3) is 2.27. The van der Waals surface area contributed by atoms with Crippen molar-refractivity contribution in [3.63, 3.8) is 0 Å². The molecular formula is C16H13FN2O2. The molecule has 0 radical (unpaired) electrons. The van der Waals surface area contributed by atoms with Crippen molar-refractivity contribution in [3.8, 4) is 0 Å². The fourth-order valence-electron chi connectivity index (χ4n) is 2.46. The molecule has 0 aliphatic rings. The number of nitrogens with zero attached hydrogens (tertiary/aromatic N) is 2. The van der Waals surface area contributed by atoms with E-state index in [-0.39, 0.29) is 18.1 Å². The van der Waals surface area contributed by atoms with E-state index in [2.05, 4.69) is 5.10 Å². The van der Waals surface area contributed by atoms with Gasteiger partial charge < -0.3 is 5.11 Å². The quantitative estimate of drug-likeness (QED) is 0.803. The molecule has 5 heteroatoms. The van der Waals surface area contributed by atoms with Crippen molar-refractivity contribution in [2.75, 3.05) is 0 Å². The van der Waals surface area contributed by atoms with E-state index in [0.717, 1.165) is 5.56 Å². The molecule has 0 aliphatic heterocycles. The van der Waals surface area contributed by atoms with Gasteiger partial charge in [-0.15, -0.1) is 0 Å². The van der Waals surface area contributed by atoms with Crippen LogP contribution in [0.1, 0.15) is 21.6 Å². The van der Waals surface area contributed by atoms with Gasteiger partial charge in [0.1, 0.15) is 5.82 Å².